The van der Waals surface area contributed by atoms with E-state index >= 15 is 0 Å². The van der Waals surface area contributed by atoms with Crippen molar-refractivity contribution in [3.63, 3.8) is 0 Å². The van der Waals surface area contributed by atoms with Crippen LogP contribution in [-0.2, 0) is 0 Å². The second-order valence-electron chi connectivity index (χ2n) is 1.90. The summed E-state index contributed by atoms with van der Waals surface area (Å²) in [5.41, 5.74) is 0. The van der Waals surface area contributed by atoms with E-state index in [2.05, 4.69) is 5.10 Å². The van der Waals surface area contributed by atoms with Gasteiger partial charge < -0.3 is 0 Å². The van der Waals surface area contributed by atoms with Crippen LogP contribution in [0.5, 0.6) is 0 Å². The molecular weight excluding hydrogens is 100 g/mol. The summed E-state index contributed by atoms with van der Waals surface area (Å²) in [7, 11) is 0. The first-order valence-corrected chi connectivity index (χ1v) is 2.61. The lowest BCUT2D eigenvalue weighted by Crippen LogP contribution is -2.00. The molecule has 0 amide bonds. The Kier molecular flexibility index (Phi) is 1.33. The maximum absolute atomic E-state index is 4.00. The largest absolute Gasteiger partial charge is 0.265 e. The zero-order valence-corrected chi connectivity index (χ0v) is 5.13. The van der Waals surface area contributed by atoms with Crippen LogP contribution in [0.3, 0.4) is 0 Å². The van der Waals surface area contributed by atoms with Gasteiger partial charge in [0.25, 0.3) is 0 Å². The Morgan fingerprint density at radius 3 is 2.50 bits per heavy atom. The van der Waals surface area contributed by atoms with E-state index in [0.29, 0.717) is 0 Å². The van der Waals surface area contributed by atoms with Crippen molar-refractivity contribution >= 4 is 0 Å². The fourth-order valence-electron chi connectivity index (χ4n) is 0.533. The molecule has 0 N–H and O–H groups in total. The number of hydrogen-bond donors (Lipinski definition) is 0. The lowest BCUT2D eigenvalue weighted by atomic mass is 10.4. The highest BCUT2D eigenvalue weighted by Crippen LogP contribution is 1.96. The van der Waals surface area contributed by atoms with Crippen LogP contribution >= 0.6 is 0 Å². The Morgan fingerprint density at radius 2 is 2.25 bits per heavy atom. The summed E-state index contributed by atoms with van der Waals surface area (Å²) in [6.07, 6.45) is 3.70. The molecule has 8 heavy (non-hydrogen) atoms. The van der Waals surface area contributed by atoms with Crippen LogP contribution in [0.2, 0.25) is 0 Å². The van der Waals surface area contributed by atoms with E-state index in [1.807, 2.05) is 30.8 Å². The van der Waals surface area contributed by atoms with Crippen LogP contribution in [0.4, 0.5) is 0 Å². The molecule has 1 radical (unpaired) electrons. The molecule has 0 fully saturated rings. The molecule has 0 aliphatic carbocycles. The summed E-state index contributed by atoms with van der Waals surface area (Å²) >= 11 is 0. The van der Waals surface area contributed by atoms with Crippen molar-refractivity contribution in [3.8, 4) is 0 Å². The van der Waals surface area contributed by atoms with E-state index in [1.165, 1.54) is 6.04 Å². The molecule has 43 valence electrons. The van der Waals surface area contributed by atoms with Crippen LogP contribution in [0, 0.1) is 6.04 Å². The monoisotopic (exact) mass is 109 g/mol. The molecule has 0 aliphatic heterocycles. The van der Waals surface area contributed by atoms with Gasteiger partial charge in [-0.05, 0) is 19.9 Å². The van der Waals surface area contributed by atoms with Crippen LogP contribution in [0.1, 0.15) is 13.8 Å². The molecule has 1 heterocycles. The summed E-state index contributed by atoms with van der Waals surface area (Å²) in [5, 5.41) is 4.00. The van der Waals surface area contributed by atoms with Crippen LogP contribution in [0.15, 0.2) is 18.5 Å². The average Bonchev–Trinajstić information content (AvgIpc) is 2.12. The molecule has 0 bridgehead atoms. The smallest absolute Gasteiger partial charge is 0.0817 e. The van der Waals surface area contributed by atoms with Gasteiger partial charge in [0.2, 0.25) is 0 Å². The maximum atomic E-state index is 4.00. The predicted molar refractivity (Wildman–Crippen MR) is 32.2 cm³/mol. The minimum absolute atomic E-state index is 1.19. The molecule has 1 rings (SSSR count). The molecule has 1 aromatic heterocycles. The number of rotatable bonds is 1. The quantitative estimate of drug-likeness (QED) is 0.531. The summed E-state index contributed by atoms with van der Waals surface area (Å²) in [4.78, 5) is 0. The topological polar surface area (TPSA) is 17.8 Å². The molecular formula is C6H9N2. The molecule has 0 saturated carbocycles. The maximum Gasteiger partial charge on any atom is 0.0817 e. The van der Waals surface area contributed by atoms with E-state index in [9.17, 15) is 0 Å². The molecule has 1 aromatic rings. The fraction of sp³-hybridized carbons (Fsp3) is 0.333. The summed E-state index contributed by atoms with van der Waals surface area (Å²) in [6.45, 7) is 4.04. The van der Waals surface area contributed by atoms with Gasteiger partial charge in [-0.2, -0.15) is 5.10 Å². The van der Waals surface area contributed by atoms with E-state index in [0.717, 1.165) is 0 Å². The minimum atomic E-state index is 1.19. The lowest BCUT2D eigenvalue weighted by Gasteiger charge is -2.00. The highest BCUT2D eigenvalue weighted by Gasteiger charge is 1.93. The summed E-state index contributed by atoms with van der Waals surface area (Å²) in [6, 6.07) is 3.10. The van der Waals surface area contributed by atoms with Gasteiger partial charge in [0.05, 0.1) is 6.04 Å². The van der Waals surface area contributed by atoms with Crippen molar-refractivity contribution in [1.29, 1.82) is 0 Å². The van der Waals surface area contributed by atoms with Crippen molar-refractivity contribution in [2.24, 2.45) is 0 Å². The van der Waals surface area contributed by atoms with Crippen molar-refractivity contribution in [1.82, 2.24) is 9.78 Å². The van der Waals surface area contributed by atoms with Crippen molar-refractivity contribution in [2.75, 3.05) is 0 Å². The Morgan fingerprint density at radius 1 is 1.50 bits per heavy atom. The molecule has 0 spiro atoms. The van der Waals surface area contributed by atoms with Gasteiger partial charge in [0.15, 0.2) is 0 Å². The van der Waals surface area contributed by atoms with Gasteiger partial charge in [-0.1, -0.05) is 0 Å². The van der Waals surface area contributed by atoms with Crippen LogP contribution in [-0.4, -0.2) is 9.78 Å². The van der Waals surface area contributed by atoms with Gasteiger partial charge in [0, 0.05) is 12.4 Å². The Hall–Kier alpha value is -0.790. The third-order valence-electron chi connectivity index (χ3n) is 0.963. The lowest BCUT2D eigenvalue weighted by molar-refractivity contribution is 0.708. The van der Waals surface area contributed by atoms with Gasteiger partial charge in [-0.25, -0.2) is 0 Å². The fourth-order valence-corrected chi connectivity index (χ4v) is 0.533. The molecule has 2 heteroatoms. The average molecular weight is 109 g/mol. The third kappa shape index (κ3) is 0.886. The van der Waals surface area contributed by atoms with Crippen molar-refractivity contribution in [2.45, 2.75) is 13.8 Å². The van der Waals surface area contributed by atoms with Crippen molar-refractivity contribution in [3.05, 3.63) is 24.5 Å². The van der Waals surface area contributed by atoms with E-state index < -0.39 is 0 Å². The minimum Gasteiger partial charge on any atom is -0.265 e. The molecule has 0 unspecified atom stereocenters. The van der Waals surface area contributed by atoms with Crippen molar-refractivity contribution < 1.29 is 0 Å². The van der Waals surface area contributed by atoms with Gasteiger partial charge in [-0.3, -0.25) is 4.68 Å². The van der Waals surface area contributed by atoms with Gasteiger partial charge in [0.1, 0.15) is 0 Å². The molecule has 0 aliphatic rings. The summed E-state index contributed by atoms with van der Waals surface area (Å²) in [5.74, 6) is 0. The molecule has 0 aromatic carbocycles. The standard InChI is InChI=1S/C6H9N2/c1-6(2)8-5-3-4-7-8/h3-5H,1-2H3. The zero-order chi connectivity index (χ0) is 5.98. The first-order valence-electron chi connectivity index (χ1n) is 2.61. The normalized spacial score (nSPS) is 10.4. The number of aromatic nitrogens is 2. The second-order valence-corrected chi connectivity index (χ2v) is 1.90. The zero-order valence-electron chi connectivity index (χ0n) is 5.13. The number of nitrogens with zero attached hydrogens (tertiary/aromatic N) is 2. The van der Waals surface area contributed by atoms with Gasteiger partial charge in [-0.15, -0.1) is 0 Å². The highest BCUT2D eigenvalue weighted by atomic mass is 15.3. The van der Waals surface area contributed by atoms with Crippen LogP contribution < -0.4 is 0 Å². The number of hydrogen-bond acceptors (Lipinski definition) is 1. The van der Waals surface area contributed by atoms with Gasteiger partial charge >= 0.3 is 0 Å². The molecule has 2 nitrogen and oxygen atoms in total. The van der Waals surface area contributed by atoms with Crippen LogP contribution in [0.25, 0.3) is 0 Å². The molecule has 0 atom stereocenters. The van der Waals surface area contributed by atoms with E-state index in [4.69, 9.17) is 0 Å². The molecule has 0 saturated heterocycles. The second kappa shape index (κ2) is 1.99. The first-order chi connectivity index (χ1) is 3.80. The van der Waals surface area contributed by atoms with E-state index in [-0.39, 0.29) is 0 Å². The van der Waals surface area contributed by atoms with E-state index in [1.54, 1.807) is 6.20 Å². The first kappa shape index (κ1) is 5.35. The Labute approximate surface area is 49.1 Å². The Balaban J connectivity index is 2.77. The highest BCUT2D eigenvalue weighted by molar-refractivity contribution is 4.87. The Bertz CT molecular complexity index is 142. The SMILES string of the molecule is C[C](C)n1cccn1. The predicted octanol–water partition coefficient (Wildman–Crippen LogP) is 1.30. The third-order valence-corrected chi connectivity index (χ3v) is 0.963. The summed E-state index contributed by atoms with van der Waals surface area (Å²) < 4.78 is 1.83.